The van der Waals surface area contributed by atoms with Crippen molar-refractivity contribution in [3.8, 4) is 5.75 Å². The number of phenols is 1. The van der Waals surface area contributed by atoms with Gasteiger partial charge in [-0.25, -0.2) is 8.42 Å². The minimum Gasteiger partial charge on any atom is -0.505 e. The van der Waals surface area contributed by atoms with E-state index in [1.54, 1.807) is 11.4 Å². The van der Waals surface area contributed by atoms with Crippen molar-refractivity contribution >= 4 is 66.2 Å². The maximum atomic E-state index is 12.1. The SMILES string of the molecule is O=S(=O)(Nc1cc(Cl)c(O)c(Cl)c1)c1sccc1Br. The fraction of sp³-hybridized carbons (Fsp3) is 0. The van der Waals surface area contributed by atoms with Crippen LogP contribution in [0.3, 0.4) is 0 Å². The first-order valence-corrected chi connectivity index (χ1v) is 8.66. The quantitative estimate of drug-likeness (QED) is 0.751. The van der Waals surface area contributed by atoms with Gasteiger partial charge in [0.2, 0.25) is 0 Å². The van der Waals surface area contributed by atoms with Gasteiger partial charge in [0.1, 0.15) is 0 Å². The van der Waals surface area contributed by atoms with Crippen LogP contribution in [0.2, 0.25) is 10.0 Å². The first kappa shape index (κ1) is 14.9. The highest BCUT2D eigenvalue weighted by Gasteiger charge is 2.20. The summed E-state index contributed by atoms with van der Waals surface area (Å²) >= 11 is 15.7. The average Bonchev–Trinajstić information content (AvgIpc) is 2.72. The van der Waals surface area contributed by atoms with Crippen LogP contribution in [0.25, 0.3) is 0 Å². The molecular weight excluding hydrogens is 397 g/mol. The molecule has 0 aliphatic rings. The Hall–Kier alpha value is -0.470. The van der Waals surface area contributed by atoms with Crippen LogP contribution >= 0.6 is 50.5 Å². The van der Waals surface area contributed by atoms with Gasteiger partial charge in [0, 0.05) is 4.47 Å². The van der Waals surface area contributed by atoms with Crippen LogP contribution in [0.1, 0.15) is 0 Å². The van der Waals surface area contributed by atoms with E-state index < -0.39 is 10.0 Å². The summed E-state index contributed by atoms with van der Waals surface area (Å²) in [6, 6.07) is 4.19. The molecule has 4 nitrogen and oxygen atoms in total. The summed E-state index contributed by atoms with van der Waals surface area (Å²) in [4.78, 5) is 0. The number of aromatic hydroxyl groups is 1. The van der Waals surface area contributed by atoms with Crippen LogP contribution in [0.4, 0.5) is 5.69 Å². The Morgan fingerprint density at radius 3 is 2.32 bits per heavy atom. The molecule has 1 aromatic heterocycles. The van der Waals surface area contributed by atoms with E-state index in [-0.39, 0.29) is 25.7 Å². The van der Waals surface area contributed by atoms with E-state index in [2.05, 4.69) is 20.7 Å². The number of nitrogens with one attached hydrogen (secondary N) is 1. The number of sulfonamides is 1. The summed E-state index contributed by atoms with van der Waals surface area (Å²) in [5, 5.41) is 11.0. The minimum atomic E-state index is -3.72. The lowest BCUT2D eigenvalue weighted by Crippen LogP contribution is -2.11. The van der Waals surface area contributed by atoms with Gasteiger partial charge in [0.15, 0.2) is 9.96 Å². The number of rotatable bonds is 3. The monoisotopic (exact) mass is 401 g/mol. The van der Waals surface area contributed by atoms with Gasteiger partial charge in [-0.2, -0.15) is 0 Å². The molecule has 102 valence electrons. The number of hydrogen-bond acceptors (Lipinski definition) is 4. The normalized spacial score (nSPS) is 11.5. The van der Waals surface area contributed by atoms with E-state index in [1.807, 2.05) is 0 Å². The van der Waals surface area contributed by atoms with Crippen LogP contribution in [-0.2, 0) is 10.0 Å². The van der Waals surface area contributed by atoms with E-state index in [9.17, 15) is 13.5 Å². The summed E-state index contributed by atoms with van der Waals surface area (Å²) in [7, 11) is -3.72. The van der Waals surface area contributed by atoms with Crippen LogP contribution in [0, 0.1) is 0 Å². The molecule has 2 N–H and O–H groups in total. The van der Waals surface area contributed by atoms with Crippen LogP contribution < -0.4 is 4.72 Å². The van der Waals surface area contributed by atoms with Crippen molar-refractivity contribution in [3.63, 3.8) is 0 Å². The number of phenolic OH excluding ortho intramolecular Hbond substituents is 1. The molecular formula is C10H6BrCl2NO3S2. The smallest absolute Gasteiger partial charge is 0.272 e. The van der Waals surface area contributed by atoms with Gasteiger partial charge in [0.05, 0.1) is 15.7 Å². The van der Waals surface area contributed by atoms with Crippen molar-refractivity contribution in [1.82, 2.24) is 0 Å². The summed E-state index contributed by atoms with van der Waals surface area (Å²) in [6.45, 7) is 0. The van der Waals surface area contributed by atoms with Crippen molar-refractivity contribution in [2.24, 2.45) is 0 Å². The van der Waals surface area contributed by atoms with Crippen LogP contribution in [0.15, 0.2) is 32.3 Å². The molecule has 0 bridgehead atoms. The molecule has 0 fully saturated rings. The van der Waals surface area contributed by atoms with Gasteiger partial charge >= 0.3 is 0 Å². The van der Waals surface area contributed by atoms with Gasteiger partial charge in [-0.1, -0.05) is 23.2 Å². The lowest BCUT2D eigenvalue weighted by atomic mass is 10.3. The fourth-order valence-electron chi connectivity index (χ4n) is 1.30. The van der Waals surface area contributed by atoms with Gasteiger partial charge in [0.25, 0.3) is 10.0 Å². The molecule has 0 amide bonds. The van der Waals surface area contributed by atoms with Crippen molar-refractivity contribution in [2.75, 3.05) is 4.72 Å². The van der Waals surface area contributed by atoms with Gasteiger partial charge < -0.3 is 5.11 Å². The second-order valence-corrected chi connectivity index (χ2v) is 7.91. The van der Waals surface area contributed by atoms with E-state index in [0.29, 0.717) is 4.47 Å². The Labute approximate surface area is 132 Å². The van der Waals surface area contributed by atoms with E-state index in [4.69, 9.17) is 23.2 Å². The molecule has 0 aliphatic heterocycles. The number of thiophene rings is 1. The number of hydrogen-bond donors (Lipinski definition) is 2. The Morgan fingerprint density at radius 2 is 1.84 bits per heavy atom. The fourth-order valence-corrected chi connectivity index (χ4v) is 5.16. The Balaban J connectivity index is 2.39. The molecule has 0 aliphatic carbocycles. The van der Waals surface area contributed by atoms with E-state index in [1.165, 1.54) is 12.1 Å². The van der Waals surface area contributed by atoms with Crippen LogP contribution in [0.5, 0.6) is 5.75 Å². The average molecular weight is 403 g/mol. The van der Waals surface area contributed by atoms with Crippen molar-refractivity contribution < 1.29 is 13.5 Å². The first-order valence-electron chi connectivity index (χ1n) is 4.75. The second-order valence-electron chi connectivity index (χ2n) is 3.45. The Kier molecular flexibility index (Phi) is 4.32. The standard InChI is InChI=1S/C10H6BrCl2NO3S2/c11-6-1-2-18-10(6)19(16,17)14-5-3-7(12)9(15)8(13)4-5/h1-4,14-15H. The molecule has 1 heterocycles. The third kappa shape index (κ3) is 3.17. The highest BCUT2D eigenvalue weighted by molar-refractivity contribution is 9.10. The Bertz CT molecular complexity index is 707. The zero-order valence-corrected chi connectivity index (χ0v) is 13.8. The molecule has 19 heavy (non-hydrogen) atoms. The maximum Gasteiger partial charge on any atom is 0.272 e. The summed E-state index contributed by atoms with van der Waals surface area (Å²) in [5.74, 6) is -0.288. The molecule has 0 saturated heterocycles. The van der Waals surface area contributed by atoms with Crippen LogP contribution in [-0.4, -0.2) is 13.5 Å². The van der Waals surface area contributed by atoms with E-state index in [0.717, 1.165) is 11.3 Å². The lowest BCUT2D eigenvalue weighted by molar-refractivity contribution is 0.476. The van der Waals surface area contributed by atoms with Gasteiger partial charge in [-0.3, -0.25) is 4.72 Å². The molecule has 2 rings (SSSR count). The summed E-state index contributed by atoms with van der Waals surface area (Å²) < 4.78 is 27.2. The van der Waals surface area contributed by atoms with Crippen molar-refractivity contribution in [1.29, 1.82) is 0 Å². The van der Waals surface area contributed by atoms with E-state index >= 15 is 0 Å². The number of anilines is 1. The zero-order valence-electron chi connectivity index (χ0n) is 9.02. The number of benzene rings is 1. The minimum absolute atomic E-state index is 0.0320. The Morgan fingerprint density at radius 1 is 1.26 bits per heavy atom. The third-order valence-electron chi connectivity index (χ3n) is 2.10. The van der Waals surface area contributed by atoms with Gasteiger partial charge in [-0.05, 0) is 39.5 Å². The molecule has 0 spiro atoms. The maximum absolute atomic E-state index is 12.1. The van der Waals surface area contributed by atoms with Gasteiger partial charge in [-0.15, -0.1) is 11.3 Å². The highest BCUT2D eigenvalue weighted by atomic mass is 79.9. The lowest BCUT2D eigenvalue weighted by Gasteiger charge is -2.09. The molecule has 0 unspecified atom stereocenters. The predicted octanol–water partition coefficient (Wildman–Crippen LogP) is 4.32. The largest absolute Gasteiger partial charge is 0.505 e. The zero-order chi connectivity index (χ0) is 14.2. The molecule has 0 saturated carbocycles. The second kappa shape index (κ2) is 5.49. The highest BCUT2D eigenvalue weighted by Crippen LogP contribution is 2.36. The first-order chi connectivity index (χ1) is 8.81. The third-order valence-corrected chi connectivity index (χ3v) is 6.73. The summed E-state index contributed by atoms with van der Waals surface area (Å²) in [6.07, 6.45) is 0. The molecule has 9 heteroatoms. The predicted molar refractivity (Wildman–Crippen MR) is 81.0 cm³/mol. The summed E-state index contributed by atoms with van der Waals surface area (Å²) in [5.41, 5.74) is 0.174. The molecule has 0 radical (unpaired) electrons. The van der Waals surface area contributed by atoms with Crippen molar-refractivity contribution in [3.05, 3.63) is 38.1 Å². The topological polar surface area (TPSA) is 66.4 Å². The van der Waals surface area contributed by atoms with Crippen molar-refractivity contribution in [2.45, 2.75) is 4.21 Å². The molecule has 0 atom stereocenters. The molecule has 1 aromatic carbocycles. The number of halogens is 3. The molecule has 2 aromatic rings.